The van der Waals surface area contributed by atoms with Gasteiger partial charge in [0.15, 0.2) is 0 Å². The Balaban J connectivity index is 1.63. The zero-order valence-corrected chi connectivity index (χ0v) is 9.98. The Labute approximate surface area is 91.2 Å². The number of hydrogen-bond acceptors (Lipinski definition) is 3. The van der Waals surface area contributed by atoms with Crippen molar-refractivity contribution in [2.75, 3.05) is 12.4 Å². The monoisotopic (exact) mass is 215 g/mol. The zero-order valence-electron chi connectivity index (χ0n) is 9.16. The van der Waals surface area contributed by atoms with Crippen molar-refractivity contribution < 1.29 is 4.74 Å². The molecule has 0 aromatic rings. The van der Waals surface area contributed by atoms with E-state index < -0.39 is 0 Å². The fourth-order valence-corrected chi connectivity index (χ4v) is 3.54. The normalized spacial score (nSPS) is 42.4. The van der Waals surface area contributed by atoms with E-state index in [1.165, 1.54) is 25.0 Å². The highest BCUT2D eigenvalue weighted by Gasteiger charge is 2.33. The van der Waals surface area contributed by atoms with Gasteiger partial charge in [-0.05, 0) is 31.9 Å². The summed E-state index contributed by atoms with van der Waals surface area (Å²) in [4.78, 5) is 0. The third-order valence-corrected chi connectivity index (χ3v) is 4.65. The number of nitrogens with one attached hydrogen (secondary N) is 1. The van der Waals surface area contributed by atoms with Gasteiger partial charge in [0.1, 0.15) is 0 Å². The van der Waals surface area contributed by atoms with Gasteiger partial charge >= 0.3 is 0 Å². The second-order valence-electron chi connectivity index (χ2n) is 4.38. The summed E-state index contributed by atoms with van der Waals surface area (Å²) in [7, 11) is 0. The fourth-order valence-electron chi connectivity index (χ4n) is 2.33. The molecule has 1 N–H and O–H groups in total. The van der Waals surface area contributed by atoms with Gasteiger partial charge < -0.3 is 10.1 Å². The summed E-state index contributed by atoms with van der Waals surface area (Å²) >= 11 is 2.10. The summed E-state index contributed by atoms with van der Waals surface area (Å²) in [6.07, 6.45) is 4.34. The van der Waals surface area contributed by atoms with Gasteiger partial charge in [0.2, 0.25) is 0 Å². The van der Waals surface area contributed by atoms with Gasteiger partial charge in [-0.2, -0.15) is 11.8 Å². The van der Waals surface area contributed by atoms with E-state index >= 15 is 0 Å². The fraction of sp³-hybridized carbons (Fsp3) is 1.00. The zero-order chi connectivity index (χ0) is 9.97. The molecule has 2 rings (SSSR count). The average molecular weight is 215 g/mol. The molecule has 2 nitrogen and oxygen atoms in total. The second kappa shape index (κ2) is 4.86. The van der Waals surface area contributed by atoms with Crippen LogP contribution in [0.4, 0.5) is 0 Å². The van der Waals surface area contributed by atoms with E-state index in [9.17, 15) is 0 Å². The van der Waals surface area contributed by atoms with Crippen molar-refractivity contribution in [3.05, 3.63) is 0 Å². The van der Waals surface area contributed by atoms with Crippen LogP contribution in [-0.2, 0) is 4.74 Å². The Morgan fingerprint density at radius 2 is 2.21 bits per heavy atom. The van der Waals surface area contributed by atoms with Crippen molar-refractivity contribution in [1.29, 1.82) is 0 Å². The van der Waals surface area contributed by atoms with Crippen LogP contribution in [0.2, 0.25) is 0 Å². The van der Waals surface area contributed by atoms with Crippen molar-refractivity contribution in [2.45, 2.75) is 56.5 Å². The lowest BCUT2D eigenvalue weighted by Crippen LogP contribution is -2.50. The molecule has 0 bridgehead atoms. The van der Waals surface area contributed by atoms with E-state index in [-0.39, 0.29) is 0 Å². The Morgan fingerprint density at radius 1 is 1.43 bits per heavy atom. The molecule has 14 heavy (non-hydrogen) atoms. The van der Waals surface area contributed by atoms with E-state index in [0.717, 1.165) is 23.9 Å². The highest BCUT2D eigenvalue weighted by Crippen LogP contribution is 2.30. The van der Waals surface area contributed by atoms with Gasteiger partial charge in [0.05, 0.1) is 6.10 Å². The van der Waals surface area contributed by atoms with Gasteiger partial charge in [-0.1, -0.05) is 6.92 Å². The largest absolute Gasteiger partial charge is 0.378 e. The van der Waals surface area contributed by atoms with Gasteiger partial charge in [-0.3, -0.25) is 0 Å². The molecular formula is C11H21NOS. The molecule has 1 heterocycles. The summed E-state index contributed by atoms with van der Waals surface area (Å²) in [6, 6.07) is 1.49. The molecule has 2 fully saturated rings. The first kappa shape index (κ1) is 10.8. The van der Waals surface area contributed by atoms with E-state index in [1.807, 2.05) is 0 Å². The molecule has 1 saturated carbocycles. The maximum atomic E-state index is 5.55. The van der Waals surface area contributed by atoms with E-state index in [1.54, 1.807) is 0 Å². The molecule has 2 unspecified atom stereocenters. The molecule has 0 radical (unpaired) electrons. The smallest absolute Gasteiger partial charge is 0.0604 e. The Kier molecular flexibility index (Phi) is 3.74. The first-order chi connectivity index (χ1) is 6.79. The summed E-state index contributed by atoms with van der Waals surface area (Å²) in [5, 5.41) is 4.56. The Morgan fingerprint density at radius 3 is 2.79 bits per heavy atom. The number of rotatable bonds is 4. The van der Waals surface area contributed by atoms with Gasteiger partial charge in [-0.25, -0.2) is 0 Å². The van der Waals surface area contributed by atoms with Gasteiger partial charge in [-0.15, -0.1) is 0 Å². The standard InChI is InChI=1S/C11H21NOS/c1-3-13-10-6-9(7-10)12-11-4-5-14-8(11)2/h8-12H,3-7H2,1-2H3. The molecule has 0 amide bonds. The minimum absolute atomic E-state index is 0.543. The summed E-state index contributed by atoms with van der Waals surface area (Å²) < 4.78 is 5.55. The first-order valence-electron chi connectivity index (χ1n) is 5.79. The van der Waals surface area contributed by atoms with Crippen molar-refractivity contribution in [3.63, 3.8) is 0 Å². The molecule has 82 valence electrons. The van der Waals surface area contributed by atoms with Crippen LogP contribution in [0.3, 0.4) is 0 Å². The lowest BCUT2D eigenvalue weighted by molar-refractivity contribution is -0.0122. The van der Waals surface area contributed by atoms with Crippen LogP contribution in [0.15, 0.2) is 0 Å². The molecule has 1 saturated heterocycles. The molecule has 0 spiro atoms. The lowest BCUT2D eigenvalue weighted by Gasteiger charge is -2.38. The van der Waals surface area contributed by atoms with Crippen molar-refractivity contribution in [3.8, 4) is 0 Å². The molecule has 3 heteroatoms. The highest BCUT2D eigenvalue weighted by molar-refractivity contribution is 8.00. The van der Waals surface area contributed by atoms with Crippen LogP contribution >= 0.6 is 11.8 Å². The maximum absolute atomic E-state index is 5.55. The number of thioether (sulfide) groups is 1. The minimum Gasteiger partial charge on any atom is -0.378 e. The maximum Gasteiger partial charge on any atom is 0.0604 e. The quantitative estimate of drug-likeness (QED) is 0.775. The average Bonchev–Trinajstić information content (AvgIpc) is 2.48. The molecule has 2 atom stereocenters. The molecule has 2 aliphatic rings. The van der Waals surface area contributed by atoms with E-state index in [2.05, 4.69) is 30.9 Å². The number of ether oxygens (including phenoxy) is 1. The van der Waals surface area contributed by atoms with Crippen LogP contribution < -0.4 is 5.32 Å². The third kappa shape index (κ3) is 2.44. The van der Waals surface area contributed by atoms with Crippen LogP contribution in [0, 0.1) is 0 Å². The van der Waals surface area contributed by atoms with Crippen molar-refractivity contribution in [2.24, 2.45) is 0 Å². The molecule has 1 aliphatic heterocycles. The lowest BCUT2D eigenvalue weighted by atomic mass is 9.88. The molecular weight excluding hydrogens is 194 g/mol. The van der Waals surface area contributed by atoms with Crippen LogP contribution in [0.5, 0.6) is 0 Å². The summed E-state index contributed by atoms with van der Waals surface area (Å²) in [5.74, 6) is 1.33. The van der Waals surface area contributed by atoms with Crippen molar-refractivity contribution in [1.82, 2.24) is 5.32 Å². The van der Waals surface area contributed by atoms with Crippen molar-refractivity contribution >= 4 is 11.8 Å². The Bertz CT molecular complexity index is 182. The predicted molar refractivity (Wildman–Crippen MR) is 61.9 cm³/mol. The predicted octanol–water partition coefficient (Wildman–Crippen LogP) is 2.04. The minimum atomic E-state index is 0.543. The first-order valence-corrected chi connectivity index (χ1v) is 6.83. The Hall–Kier alpha value is 0.270. The second-order valence-corrected chi connectivity index (χ2v) is 5.87. The SMILES string of the molecule is CCOC1CC(NC2CCSC2C)C1. The van der Waals surface area contributed by atoms with E-state index in [0.29, 0.717) is 6.10 Å². The molecule has 1 aliphatic carbocycles. The molecule has 0 aromatic heterocycles. The van der Waals surface area contributed by atoms with Gasteiger partial charge in [0, 0.05) is 23.9 Å². The number of hydrogen-bond donors (Lipinski definition) is 1. The summed E-state index contributed by atoms with van der Waals surface area (Å²) in [6.45, 7) is 5.29. The molecule has 0 aromatic carbocycles. The summed E-state index contributed by atoms with van der Waals surface area (Å²) in [5.41, 5.74) is 0. The van der Waals surface area contributed by atoms with Crippen LogP contribution in [0.1, 0.15) is 33.1 Å². The van der Waals surface area contributed by atoms with Crippen LogP contribution in [-0.4, -0.2) is 35.8 Å². The highest BCUT2D eigenvalue weighted by atomic mass is 32.2. The third-order valence-electron chi connectivity index (χ3n) is 3.32. The van der Waals surface area contributed by atoms with Crippen LogP contribution in [0.25, 0.3) is 0 Å². The van der Waals surface area contributed by atoms with Gasteiger partial charge in [0.25, 0.3) is 0 Å². The van der Waals surface area contributed by atoms with E-state index in [4.69, 9.17) is 4.74 Å². The topological polar surface area (TPSA) is 21.3 Å².